The van der Waals surface area contributed by atoms with Gasteiger partial charge in [0.05, 0.1) is 52.1 Å². The first kappa shape index (κ1) is 27.8. The number of hydrogen-bond acceptors (Lipinski definition) is 7. The number of urea groups is 1. The van der Waals surface area contributed by atoms with Crippen LogP contribution in [0.25, 0.3) is 16.9 Å². The summed E-state index contributed by atoms with van der Waals surface area (Å²) in [7, 11) is 3.44. The minimum atomic E-state index is -1.65. The lowest BCUT2D eigenvalue weighted by atomic mass is 10.0. The number of nitrogens with one attached hydrogen (secondary N) is 2. The van der Waals surface area contributed by atoms with E-state index in [1.807, 2.05) is 12.1 Å². The van der Waals surface area contributed by atoms with Crippen molar-refractivity contribution in [3.63, 3.8) is 0 Å². The number of rotatable bonds is 7. The molecule has 0 saturated carbocycles. The molecule has 0 aliphatic carbocycles. The molecule has 0 aromatic carbocycles. The van der Waals surface area contributed by atoms with Crippen molar-refractivity contribution in [2.75, 3.05) is 39.0 Å². The molecule has 1 atom stereocenters. The second kappa shape index (κ2) is 11.2. The molecule has 1 saturated heterocycles. The monoisotopic (exact) mass is 536 g/mol. The van der Waals surface area contributed by atoms with Gasteiger partial charge in [0.25, 0.3) is 5.91 Å². The predicted molar refractivity (Wildman–Crippen MR) is 144 cm³/mol. The number of halogens is 1. The number of piperidine rings is 1. The number of anilines is 1. The molecule has 0 spiro atoms. The molecule has 1 fully saturated rings. The van der Waals surface area contributed by atoms with Crippen molar-refractivity contribution in [2.24, 2.45) is 0 Å². The minimum absolute atomic E-state index is 0.0105. The van der Waals surface area contributed by atoms with Crippen molar-refractivity contribution >= 4 is 23.1 Å². The number of aromatic nitrogens is 3. The van der Waals surface area contributed by atoms with E-state index < -0.39 is 17.7 Å². The summed E-state index contributed by atoms with van der Waals surface area (Å²) in [4.78, 5) is 33.2. The van der Waals surface area contributed by atoms with Crippen LogP contribution in [-0.2, 0) is 0 Å². The second-order valence-corrected chi connectivity index (χ2v) is 10.4. The third kappa shape index (κ3) is 6.26. The maximum Gasteiger partial charge on any atom is 0.319 e. The number of fused-ring (bicyclic) bond motifs is 1. The van der Waals surface area contributed by atoms with E-state index in [0.29, 0.717) is 48.6 Å². The van der Waals surface area contributed by atoms with Crippen LogP contribution in [0.1, 0.15) is 42.6 Å². The fourth-order valence-corrected chi connectivity index (χ4v) is 4.40. The normalized spacial score (nSPS) is 15.1. The van der Waals surface area contributed by atoms with Gasteiger partial charge in [-0.15, -0.1) is 0 Å². The van der Waals surface area contributed by atoms with Gasteiger partial charge in [-0.25, -0.2) is 13.7 Å². The van der Waals surface area contributed by atoms with E-state index in [1.165, 1.54) is 26.2 Å². The van der Waals surface area contributed by atoms with Gasteiger partial charge in [-0.2, -0.15) is 10.4 Å². The Morgan fingerprint density at radius 2 is 1.97 bits per heavy atom. The molecular formula is C27H33FN8O3. The van der Waals surface area contributed by atoms with Gasteiger partial charge in [-0.3, -0.25) is 9.78 Å². The molecule has 4 rings (SSSR count). The van der Waals surface area contributed by atoms with E-state index in [0.717, 1.165) is 5.52 Å². The number of nitrogens with zero attached hydrogens (tertiary/aromatic N) is 6. The number of hydrogen-bond donors (Lipinski definition) is 3. The first-order valence-electron chi connectivity index (χ1n) is 12.7. The Morgan fingerprint density at radius 1 is 1.26 bits per heavy atom. The zero-order chi connectivity index (χ0) is 28.3. The van der Waals surface area contributed by atoms with Crippen LogP contribution in [0, 0.1) is 11.3 Å². The van der Waals surface area contributed by atoms with Gasteiger partial charge < -0.3 is 25.5 Å². The molecule has 206 valence electrons. The van der Waals surface area contributed by atoms with Crippen molar-refractivity contribution in [1.29, 1.82) is 5.26 Å². The van der Waals surface area contributed by atoms with Crippen molar-refractivity contribution in [1.82, 2.24) is 29.7 Å². The van der Waals surface area contributed by atoms with Crippen molar-refractivity contribution in [3.05, 3.63) is 47.8 Å². The SMILES string of the molecule is CN(C)C(=O)N1CCC(Nc2cc(-c3ccc4cc(C#N)cnn34)ncc2C(=O)NC[C@@H](F)C(C)(C)O)CC1. The highest BCUT2D eigenvalue weighted by Gasteiger charge is 2.28. The summed E-state index contributed by atoms with van der Waals surface area (Å²) in [6.07, 6.45) is 2.60. The van der Waals surface area contributed by atoms with Gasteiger partial charge >= 0.3 is 6.03 Å². The molecule has 3 aromatic rings. The van der Waals surface area contributed by atoms with Crippen LogP contribution in [-0.4, -0.2) is 93.0 Å². The predicted octanol–water partition coefficient (Wildman–Crippen LogP) is 2.66. The highest BCUT2D eigenvalue weighted by molar-refractivity contribution is 6.00. The summed E-state index contributed by atoms with van der Waals surface area (Å²) in [5, 5.41) is 29.4. The van der Waals surface area contributed by atoms with Gasteiger partial charge in [0.15, 0.2) is 0 Å². The Hall–Kier alpha value is -4.24. The Labute approximate surface area is 226 Å². The zero-order valence-electron chi connectivity index (χ0n) is 22.5. The lowest BCUT2D eigenvalue weighted by Crippen LogP contribution is -2.46. The van der Waals surface area contributed by atoms with Crippen LogP contribution >= 0.6 is 0 Å². The first-order chi connectivity index (χ1) is 18.5. The highest BCUT2D eigenvalue weighted by Crippen LogP contribution is 2.27. The number of amides is 3. The molecule has 0 bridgehead atoms. The van der Waals surface area contributed by atoms with Crippen LogP contribution < -0.4 is 10.6 Å². The van der Waals surface area contributed by atoms with Gasteiger partial charge in [0.2, 0.25) is 0 Å². The van der Waals surface area contributed by atoms with Crippen LogP contribution in [0.2, 0.25) is 0 Å². The zero-order valence-corrected chi connectivity index (χ0v) is 22.5. The van der Waals surface area contributed by atoms with Crippen LogP contribution in [0.15, 0.2) is 36.7 Å². The van der Waals surface area contributed by atoms with Gasteiger partial charge in [-0.05, 0) is 51.0 Å². The van der Waals surface area contributed by atoms with Crippen LogP contribution in [0.4, 0.5) is 14.9 Å². The Balaban J connectivity index is 1.61. The Kier molecular flexibility index (Phi) is 8.01. The average molecular weight is 537 g/mol. The third-order valence-corrected chi connectivity index (χ3v) is 6.76. The summed E-state index contributed by atoms with van der Waals surface area (Å²) < 4.78 is 16.0. The molecule has 0 radical (unpaired) electrons. The largest absolute Gasteiger partial charge is 0.387 e. The third-order valence-electron chi connectivity index (χ3n) is 6.76. The average Bonchev–Trinajstić information content (AvgIpc) is 3.34. The fourth-order valence-electron chi connectivity index (χ4n) is 4.40. The Bertz CT molecular complexity index is 1400. The van der Waals surface area contributed by atoms with Crippen LogP contribution in [0.3, 0.4) is 0 Å². The first-order valence-corrected chi connectivity index (χ1v) is 12.7. The molecule has 0 unspecified atom stereocenters. The van der Waals surface area contributed by atoms with E-state index in [-0.39, 0.29) is 24.2 Å². The summed E-state index contributed by atoms with van der Waals surface area (Å²) in [5.41, 5.74) is 1.52. The number of aliphatic hydroxyl groups is 1. The standard InChI is InChI=1S/C27H33FN8O3/c1-27(2,39)24(28)16-31-25(37)20-15-30-22(23-6-5-19-11-17(13-29)14-32-36(19)23)12-21(20)33-18-7-9-35(10-8-18)26(38)34(3)4/h5-6,11-12,14-15,18,24,39H,7-10,16H2,1-4H3,(H,30,33)(H,31,37)/t24-/m1/s1. The van der Waals surface area contributed by atoms with Crippen molar-refractivity contribution < 1.29 is 19.1 Å². The number of likely N-dealkylation sites (tertiary alicyclic amines) is 1. The summed E-state index contributed by atoms with van der Waals surface area (Å²) in [6.45, 7) is 3.46. The molecular weight excluding hydrogens is 503 g/mol. The molecule has 12 heteroatoms. The topological polar surface area (TPSA) is 139 Å². The van der Waals surface area contributed by atoms with Gasteiger partial charge in [0.1, 0.15) is 12.2 Å². The van der Waals surface area contributed by atoms with Crippen molar-refractivity contribution in [3.8, 4) is 17.5 Å². The van der Waals surface area contributed by atoms with E-state index in [2.05, 4.69) is 26.8 Å². The number of carbonyl (C=O) groups excluding carboxylic acids is 2. The van der Waals surface area contributed by atoms with E-state index >= 15 is 0 Å². The number of alkyl halides is 1. The smallest absolute Gasteiger partial charge is 0.319 e. The quantitative estimate of drug-likeness (QED) is 0.422. The molecule has 3 aromatic heterocycles. The van der Waals surface area contributed by atoms with Crippen molar-refractivity contribution in [2.45, 2.75) is 44.5 Å². The molecule has 39 heavy (non-hydrogen) atoms. The second-order valence-electron chi connectivity index (χ2n) is 10.4. The molecule has 3 N–H and O–H groups in total. The minimum Gasteiger partial charge on any atom is -0.387 e. The number of carbonyl (C=O) groups is 2. The molecule has 1 aliphatic heterocycles. The fraction of sp³-hybridized carbons (Fsp3) is 0.444. The maximum absolute atomic E-state index is 14.3. The molecule has 11 nitrogen and oxygen atoms in total. The maximum atomic E-state index is 14.3. The molecule has 1 aliphatic rings. The number of nitriles is 1. The lowest BCUT2D eigenvalue weighted by molar-refractivity contribution is -0.00177. The van der Waals surface area contributed by atoms with E-state index in [9.17, 15) is 24.3 Å². The lowest BCUT2D eigenvalue weighted by Gasteiger charge is -2.34. The van der Waals surface area contributed by atoms with Gasteiger partial charge in [-0.1, -0.05) is 0 Å². The van der Waals surface area contributed by atoms with Gasteiger partial charge in [0, 0.05) is 39.4 Å². The van der Waals surface area contributed by atoms with E-state index in [4.69, 9.17) is 0 Å². The van der Waals surface area contributed by atoms with Crippen LogP contribution in [0.5, 0.6) is 0 Å². The van der Waals surface area contributed by atoms with E-state index in [1.54, 1.807) is 40.5 Å². The number of pyridine rings is 1. The summed E-state index contributed by atoms with van der Waals surface area (Å²) in [5.74, 6) is -0.527. The molecule has 3 amide bonds. The summed E-state index contributed by atoms with van der Waals surface area (Å²) in [6, 6.07) is 9.14. The molecule has 4 heterocycles. The Morgan fingerprint density at radius 3 is 2.62 bits per heavy atom. The highest BCUT2D eigenvalue weighted by atomic mass is 19.1. The summed E-state index contributed by atoms with van der Waals surface area (Å²) >= 11 is 0.